The van der Waals surface area contributed by atoms with Crippen LogP contribution in [0.2, 0.25) is 0 Å². The van der Waals surface area contributed by atoms with Gasteiger partial charge in [0.15, 0.2) is 0 Å². The molecule has 0 unspecified atom stereocenters. The molecule has 0 nitrogen and oxygen atoms in total. The number of hydrogen-bond acceptors (Lipinski definition) is 0. The maximum absolute atomic E-state index is 9.80. The molecule has 3 heteroatoms. The van der Waals surface area contributed by atoms with E-state index in [2.05, 4.69) is 31.6 Å². The van der Waals surface area contributed by atoms with Crippen LogP contribution in [-0.4, -0.2) is 0 Å². The van der Waals surface area contributed by atoms with E-state index in [9.17, 15) is 5.25 Å². The van der Waals surface area contributed by atoms with E-state index in [0.717, 1.165) is 0 Å². The molecule has 0 fully saturated rings. The molecule has 1 rings (SSSR count). The molecule has 0 amide bonds. The molecule has 1 radical (unpaired) electrons. The number of rotatable bonds is 2. The summed E-state index contributed by atoms with van der Waals surface area (Å²) in [6, 6.07) is 0. The predicted molar refractivity (Wildman–Crippen MR) is 38.6 cm³/mol. The van der Waals surface area contributed by atoms with Crippen molar-refractivity contribution >= 4 is 0 Å². The summed E-state index contributed by atoms with van der Waals surface area (Å²) in [4.78, 5) is 0. The van der Waals surface area contributed by atoms with Gasteiger partial charge in [-0.3, -0.25) is 0 Å². The molecule has 0 heterocycles. The van der Waals surface area contributed by atoms with Crippen molar-refractivity contribution in [2.75, 3.05) is 0 Å². The maximum atomic E-state index is 9.80. The van der Waals surface area contributed by atoms with Crippen molar-refractivity contribution in [3.8, 4) is 0 Å². The fourth-order valence-corrected chi connectivity index (χ4v) is 0.869. The van der Waals surface area contributed by atoms with Gasteiger partial charge in [0.2, 0.25) is 0 Å². The molecule has 0 aliphatic heterocycles. The van der Waals surface area contributed by atoms with E-state index in [-0.39, 0.29) is 0 Å². The Labute approximate surface area is 79.7 Å². The first-order valence-corrected chi connectivity index (χ1v) is 5.37. The average Bonchev–Trinajstić information content (AvgIpc) is 2.42. The van der Waals surface area contributed by atoms with Crippen LogP contribution < -0.4 is 0 Å². The third kappa shape index (κ3) is 6.61. The van der Waals surface area contributed by atoms with Crippen LogP contribution in [0.1, 0.15) is 19.8 Å². The topological polar surface area (TPSA) is 0 Å². The first-order valence-electron chi connectivity index (χ1n) is 3.52. The Hall–Kier alpha value is 0.223. The Bertz CT molecular complexity index is 141. The van der Waals surface area contributed by atoms with Gasteiger partial charge >= 0.3 is 29.7 Å². The molecule has 0 atom stereocenters. The van der Waals surface area contributed by atoms with Crippen LogP contribution in [-0.2, 0) is 24.5 Å². The minimum atomic E-state index is -2.77. The van der Waals surface area contributed by atoms with Gasteiger partial charge in [-0.15, -0.1) is 0 Å². The zero-order valence-electron chi connectivity index (χ0n) is 6.48. The normalized spacial score (nSPS) is 13.5. The Balaban J connectivity index is 0.000000292. The van der Waals surface area contributed by atoms with E-state index in [0.29, 0.717) is 0 Å². The van der Waals surface area contributed by atoms with Crippen molar-refractivity contribution in [3.05, 3.63) is 30.2 Å². The van der Waals surface area contributed by atoms with Gasteiger partial charge in [0, 0.05) is 6.42 Å². The monoisotopic (exact) mass is 235 g/mol. The van der Waals surface area contributed by atoms with Crippen LogP contribution in [0, 0.1) is 6.42 Å². The Kier molecular flexibility index (Phi) is 8.49. The summed E-state index contributed by atoms with van der Waals surface area (Å²) in [5, 5.41) is 0. The Morgan fingerprint density at radius 1 is 1.45 bits per heavy atom. The molecular formula is C8H11F2Zr. The van der Waals surface area contributed by atoms with Crippen molar-refractivity contribution < 1.29 is 29.7 Å². The second-order valence-electron chi connectivity index (χ2n) is 2.11. The molecule has 1 aliphatic carbocycles. The molecule has 0 saturated carbocycles. The summed E-state index contributed by atoms with van der Waals surface area (Å²) in [5.74, 6) is 0. The second kappa shape index (κ2) is 8.32. The van der Waals surface area contributed by atoms with E-state index in [1.54, 1.807) is 0 Å². The first kappa shape index (κ1) is 11.2. The van der Waals surface area contributed by atoms with E-state index in [4.69, 9.17) is 0 Å². The summed E-state index contributed by atoms with van der Waals surface area (Å²) < 4.78 is 19.6. The molecule has 0 saturated heterocycles. The molecule has 0 N–H and O–H groups in total. The molecule has 0 aromatic carbocycles. The number of hydrogen-bond donors (Lipinski definition) is 0. The Morgan fingerprint density at radius 2 is 2.09 bits per heavy atom. The third-order valence-corrected chi connectivity index (χ3v) is 1.27. The number of allylic oxidation sites excluding steroid dienone is 4. The number of halogens is 2. The Morgan fingerprint density at radius 3 is 2.45 bits per heavy atom. The van der Waals surface area contributed by atoms with Gasteiger partial charge in [-0.25, -0.2) is 0 Å². The minimum absolute atomic E-state index is 1.23. The molecule has 1 aliphatic rings. The van der Waals surface area contributed by atoms with Gasteiger partial charge < -0.3 is 0 Å². The fraction of sp³-hybridized carbons (Fsp3) is 0.375. The van der Waals surface area contributed by atoms with Crippen molar-refractivity contribution in [2.24, 2.45) is 0 Å². The van der Waals surface area contributed by atoms with Crippen molar-refractivity contribution in [1.29, 1.82) is 0 Å². The molecule has 0 aromatic rings. The van der Waals surface area contributed by atoms with Crippen LogP contribution in [0.25, 0.3) is 0 Å². The van der Waals surface area contributed by atoms with Gasteiger partial charge in [-0.1, -0.05) is 37.1 Å². The second-order valence-corrected chi connectivity index (χ2v) is 2.47. The van der Waals surface area contributed by atoms with Gasteiger partial charge in [0.05, 0.1) is 0 Å². The zero-order chi connectivity index (χ0) is 8.53. The van der Waals surface area contributed by atoms with Crippen LogP contribution in [0.5, 0.6) is 0 Å². The standard InChI is InChI=1S/C8H11.2FH.Zr/c1-2-5-8-6-3-4-7-8;;;/h3-4,6-7H,2,5H2,1H3;2*1H;/q;;;+2/p-2. The quantitative estimate of drug-likeness (QED) is 0.690. The molecule has 0 bridgehead atoms. The third-order valence-electron chi connectivity index (χ3n) is 1.27. The van der Waals surface area contributed by atoms with Crippen LogP contribution in [0.15, 0.2) is 23.8 Å². The molecule has 11 heavy (non-hydrogen) atoms. The van der Waals surface area contributed by atoms with Crippen molar-refractivity contribution in [1.82, 2.24) is 0 Å². The summed E-state index contributed by atoms with van der Waals surface area (Å²) in [5.41, 5.74) is 1.47. The average molecular weight is 236 g/mol. The molecule has 61 valence electrons. The first-order chi connectivity index (χ1) is 5.35. The van der Waals surface area contributed by atoms with Gasteiger partial charge in [0.25, 0.3) is 0 Å². The molecule has 0 spiro atoms. The van der Waals surface area contributed by atoms with Crippen LogP contribution in [0.4, 0.5) is 5.25 Å². The van der Waals surface area contributed by atoms with Gasteiger partial charge in [-0.2, -0.15) is 0 Å². The molecular weight excluding hydrogens is 225 g/mol. The van der Waals surface area contributed by atoms with E-state index < -0.39 is 24.5 Å². The summed E-state index contributed by atoms with van der Waals surface area (Å²) in [7, 11) is 0. The summed E-state index contributed by atoms with van der Waals surface area (Å²) >= 11 is -2.77. The van der Waals surface area contributed by atoms with E-state index in [1.807, 2.05) is 0 Å². The fourth-order valence-electron chi connectivity index (χ4n) is 0.869. The summed E-state index contributed by atoms with van der Waals surface area (Å²) in [6.45, 7) is 2.20. The zero-order valence-corrected chi connectivity index (χ0v) is 8.94. The van der Waals surface area contributed by atoms with E-state index in [1.165, 1.54) is 18.4 Å². The van der Waals surface area contributed by atoms with Gasteiger partial charge in [-0.05, 0) is 6.42 Å². The van der Waals surface area contributed by atoms with Crippen molar-refractivity contribution in [2.45, 2.75) is 19.8 Å². The SMILES string of the molecule is CCCC1=C[CH]C=C1.[F][Zr][F]. The summed E-state index contributed by atoms with van der Waals surface area (Å²) in [6.07, 6.45) is 11.0. The van der Waals surface area contributed by atoms with Crippen LogP contribution in [0.3, 0.4) is 0 Å². The van der Waals surface area contributed by atoms with E-state index >= 15 is 0 Å². The van der Waals surface area contributed by atoms with Gasteiger partial charge in [0.1, 0.15) is 0 Å². The molecule has 0 aromatic heterocycles. The van der Waals surface area contributed by atoms with Crippen LogP contribution >= 0.6 is 0 Å². The predicted octanol–water partition coefficient (Wildman–Crippen LogP) is 3.32. The van der Waals surface area contributed by atoms with Crippen molar-refractivity contribution in [3.63, 3.8) is 0 Å².